The molecule has 0 aliphatic carbocycles. The average molecular weight is 301 g/mol. The van der Waals surface area contributed by atoms with E-state index in [9.17, 15) is 9.18 Å². The number of benzene rings is 1. The summed E-state index contributed by atoms with van der Waals surface area (Å²) in [5.74, 6) is 0.0551. The molecule has 1 aliphatic heterocycles. The summed E-state index contributed by atoms with van der Waals surface area (Å²) in [5, 5.41) is 3.45. The second kappa shape index (κ2) is 6.90. The SMILES string of the molecule is CC1CNCCN1C(=O)CCOc1ccc(F)cc1Cl. The first-order valence-electron chi connectivity index (χ1n) is 6.66. The van der Waals surface area contributed by atoms with Gasteiger partial charge in [0.1, 0.15) is 11.6 Å². The normalized spacial score (nSPS) is 18.9. The molecular formula is C14H18ClFN2O2. The molecule has 0 aromatic heterocycles. The Morgan fingerprint density at radius 3 is 3.10 bits per heavy atom. The smallest absolute Gasteiger partial charge is 0.226 e. The Kier molecular flexibility index (Phi) is 5.20. The maximum absolute atomic E-state index is 12.9. The first-order chi connectivity index (χ1) is 9.58. The van der Waals surface area contributed by atoms with Gasteiger partial charge < -0.3 is 15.0 Å². The van der Waals surface area contributed by atoms with E-state index >= 15 is 0 Å². The van der Waals surface area contributed by atoms with Crippen LogP contribution in [0.1, 0.15) is 13.3 Å². The molecule has 0 saturated carbocycles. The van der Waals surface area contributed by atoms with E-state index in [2.05, 4.69) is 5.32 Å². The molecule has 0 radical (unpaired) electrons. The summed E-state index contributed by atoms with van der Waals surface area (Å²) in [6.45, 7) is 4.61. The van der Waals surface area contributed by atoms with Gasteiger partial charge in [-0.25, -0.2) is 4.39 Å². The molecule has 0 bridgehead atoms. The van der Waals surface area contributed by atoms with Crippen LogP contribution in [-0.4, -0.2) is 43.1 Å². The number of hydrogen-bond donors (Lipinski definition) is 1. The first-order valence-corrected chi connectivity index (χ1v) is 7.04. The molecule has 1 fully saturated rings. The van der Waals surface area contributed by atoms with Crippen molar-refractivity contribution < 1.29 is 13.9 Å². The van der Waals surface area contributed by atoms with Crippen molar-refractivity contribution in [1.82, 2.24) is 10.2 Å². The molecule has 1 aromatic rings. The number of nitrogens with zero attached hydrogens (tertiary/aromatic N) is 1. The fourth-order valence-corrected chi connectivity index (χ4v) is 2.42. The summed E-state index contributed by atoms with van der Waals surface area (Å²) < 4.78 is 18.3. The molecule has 1 unspecified atom stereocenters. The predicted octanol–water partition coefficient (Wildman–Crippen LogP) is 2.07. The highest BCUT2D eigenvalue weighted by Crippen LogP contribution is 2.24. The number of rotatable bonds is 4. The molecule has 4 nitrogen and oxygen atoms in total. The predicted molar refractivity (Wildman–Crippen MR) is 75.6 cm³/mol. The maximum atomic E-state index is 12.9. The molecule has 1 heterocycles. The highest BCUT2D eigenvalue weighted by atomic mass is 35.5. The first kappa shape index (κ1) is 15.1. The molecule has 1 atom stereocenters. The van der Waals surface area contributed by atoms with E-state index in [0.717, 1.165) is 19.6 Å². The van der Waals surface area contributed by atoms with Gasteiger partial charge in [-0.15, -0.1) is 0 Å². The number of nitrogens with one attached hydrogen (secondary N) is 1. The second-order valence-electron chi connectivity index (χ2n) is 4.81. The largest absolute Gasteiger partial charge is 0.491 e. The van der Waals surface area contributed by atoms with Gasteiger partial charge in [0.2, 0.25) is 5.91 Å². The van der Waals surface area contributed by atoms with Crippen LogP contribution in [-0.2, 0) is 4.79 Å². The number of ether oxygens (including phenoxy) is 1. The van der Waals surface area contributed by atoms with Crippen molar-refractivity contribution in [3.8, 4) is 5.75 Å². The van der Waals surface area contributed by atoms with Gasteiger partial charge in [0.15, 0.2) is 0 Å². The van der Waals surface area contributed by atoms with Gasteiger partial charge in [-0.05, 0) is 25.1 Å². The van der Waals surface area contributed by atoms with Crippen LogP contribution in [0.4, 0.5) is 4.39 Å². The lowest BCUT2D eigenvalue weighted by atomic mass is 10.2. The lowest BCUT2D eigenvalue weighted by Crippen LogP contribution is -2.52. The number of halogens is 2. The van der Waals surface area contributed by atoms with Gasteiger partial charge in [-0.1, -0.05) is 11.6 Å². The average Bonchev–Trinajstić information content (AvgIpc) is 2.41. The van der Waals surface area contributed by atoms with Crippen LogP contribution in [0.3, 0.4) is 0 Å². The molecule has 20 heavy (non-hydrogen) atoms. The lowest BCUT2D eigenvalue weighted by molar-refractivity contribution is -0.134. The summed E-state index contributed by atoms with van der Waals surface area (Å²) in [4.78, 5) is 13.9. The summed E-state index contributed by atoms with van der Waals surface area (Å²) in [6, 6.07) is 4.14. The van der Waals surface area contributed by atoms with Crippen molar-refractivity contribution in [2.75, 3.05) is 26.2 Å². The summed E-state index contributed by atoms with van der Waals surface area (Å²) in [5.41, 5.74) is 0. The number of hydrogen-bond acceptors (Lipinski definition) is 3. The van der Waals surface area contributed by atoms with E-state index in [0.29, 0.717) is 5.75 Å². The fraction of sp³-hybridized carbons (Fsp3) is 0.500. The van der Waals surface area contributed by atoms with Gasteiger partial charge in [0.25, 0.3) is 0 Å². The zero-order chi connectivity index (χ0) is 14.5. The maximum Gasteiger partial charge on any atom is 0.226 e. The molecule has 1 saturated heterocycles. The van der Waals surface area contributed by atoms with Crippen molar-refractivity contribution in [3.05, 3.63) is 29.0 Å². The van der Waals surface area contributed by atoms with Gasteiger partial charge in [-0.2, -0.15) is 0 Å². The van der Waals surface area contributed by atoms with E-state index in [4.69, 9.17) is 16.3 Å². The highest BCUT2D eigenvalue weighted by molar-refractivity contribution is 6.32. The monoisotopic (exact) mass is 300 g/mol. The second-order valence-corrected chi connectivity index (χ2v) is 5.22. The van der Waals surface area contributed by atoms with Gasteiger partial charge in [0.05, 0.1) is 18.1 Å². The topological polar surface area (TPSA) is 41.6 Å². The Bertz CT molecular complexity index is 484. The number of carbonyl (C=O) groups excluding carboxylic acids is 1. The Balaban J connectivity index is 1.81. The molecule has 1 aliphatic rings. The molecule has 1 amide bonds. The minimum Gasteiger partial charge on any atom is -0.491 e. The van der Waals surface area contributed by atoms with Crippen LogP contribution in [0.2, 0.25) is 5.02 Å². The minimum atomic E-state index is -0.409. The molecule has 6 heteroatoms. The van der Waals surface area contributed by atoms with Crippen molar-refractivity contribution in [1.29, 1.82) is 0 Å². The van der Waals surface area contributed by atoms with E-state index < -0.39 is 5.82 Å². The van der Waals surface area contributed by atoms with E-state index in [1.807, 2.05) is 11.8 Å². The van der Waals surface area contributed by atoms with E-state index in [-0.39, 0.29) is 30.0 Å². The van der Waals surface area contributed by atoms with Crippen LogP contribution in [0, 0.1) is 5.82 Å². The number of carbonyl (C=O) groups is 1. The molecular weight excluding hydrogens is 283 g/mol. The fourth-order valence-electron chi connectivity index (χ4n) is 2.20. The van der Waals surface area contributed by atoms with E-state index in [1.165, 1.54) is 18.2 Å². The summed E-state index contributed by atoms with van der Waals surface area (Å²) in [6.07, 6.45) is 0.290. The third kappa shape index (κ3) is 3.84. The van der Waals surface area contributed by atoms with Gasteiger partial charge in [0, 0.05) is 25.7 Å². The van der Waals surface area contributed by atoms with Crippen molar-refractivity contribution in [3.63, 3.8) is 0 Å². The summed E-state index contributed by atoms with van der Waals surface area (Å²) >= 11 is 5.85. The third-order valence-electron chi connectivity index (χ3n) is 3.29. The molecule has 1 N–H and O–H groups in total. The molecule has 0 spiro atoms. The van der Waals surface area contributed by atoms with Crippen LogP contribution < -0.4 is 10.1 Å². The Hall–Kier alpha value is -1.33. The van der Waals surface area contributed by atoms with Crippen LogP contribution in [0.15, 0.2) is 18.2 Å². The molecule has 110 valence electrons. The third-order valence-corrected chi connectivity index (χ3v) is 3.58. The summed E-state index contributed by atoms with van der Waals surface area (Å²) in [7, 11) is 0. The number of amides is 1. The van der Waals surface area contributed by atoms with Crippen molar-refractivity contribution in [2.45, 2.75) is 19.4 Å². The van der Waals surface area contributed by atoms with Gasteiger partial charge >= 0.3 is 0 Å². The highest BCUT2D eigenvalue weighted by Gasteiger charge is 2.22. The van der Waals surface area contributed by atoms with Crippen LogP contribution in [0.25, 0.3) is 0 Å². The lowest BCUT2D eigenvalue weighted by Gasteiger charge is -2.34. The quantitative estimate of drug-likeness (QED) is 0.925. The Labute approximate surface area is 122 Å². The Morgan fingerprint density at radius 2 is 2.40 bits per heavy atom. The zero-order valence-electron chi connectivity index (χ0n) is 11.4. The molecule has 2 rings (SSSR count). The minimum absolute atomic E-state index is 0.0669. The van der Waals surface area contributed by atoms with Crippen molar-refractivity contribution in [2.24, 2.45) is 0 Å². The Morgan fingerprint density at radius 1 is 1.60 bits per heavy atom. The molecule has 1 aromatic carbocycles. The van der Waals surface area contributed by atoms with Crippen LogP contribution >= 0.6 is 11.6 Å². The van der Waals surface area contributed by atoms with Crippen molar-refractivity contribution >= 4 is 17.5 Å². The van der Waals surface area contributed by atoms with Gasteiger partial charge in [-0.3, -0.25) is 4.79 Å². The number of piperazine rings is 1. The van der Waals surface area contributed by atoms with Crippen LogP contribution in [0.5, 0.6) is 5.75 Å². The van der Waals surface area contributed by atoms with E-state index in [1.54, 1.807) is 0 Å². The zero-order valence-corrected chi connectivity index (χ0v) is 12.1. The standard InChI is InChI=1S/C14H18ClFN2O2/c1-10-9-17-5-6-18(10)14(19)4-7-20-13-3-2-11(16)8-12(13)15/h2-3,8,10,17H,4-7,9H2,1H3.